The summed E-state index contributed by atoms with van der Waals surface area (Å²) in [7, 11) is 0. The fourth-order valence-electron chi connectivity index (χ4n) is 2.90. The van der Waals surface area contributed by atoms with E-state index in [9.17, 15) is 4.79 Å². The monoisotopic (exact) mass is 385 g/mol. The molecule has 1 heterocycles. The molecule has 0 fully saturated rings. The van der Waals surface area contributed by atoms with Gasteiger partial charge in [0.1, 0.15) is 18.1 Å². The van der Waals surface area contributed by atoms with Crippen molar-refractivity contribution < 1.29 is 18.8 Å². The number of benzene rings is 3. The standard InChI is InChI=1S/C24H19NO4/c26-24(28-16-20-15-23(29-25-20)19-11-5-2-6-12-19)17-27-22-14-8-7-13-21(22)18-9-3-1-4-10-18/h1-15H,16-17H2. The Balaban J connectivity index is 1.33. The van der Waals surface area contributed by atoms with E-state index in [1.807, 2.05) is 84.9 Å². The van der Waals surface area contributed by atoms with Crippen LogP contribution in [-0.2, 0) is 16.1 Å². The molecule has 29 heavy (non-hydrogen) atoms. The number of esters is 1. The quantitative estimate of drug-likeness (QED) is 0.413. The molecular weight excluding hydrogens is 366 g/mol. The van der Waals surface area contributed by atoms with Crippen LogP contribution in [-0.4, -0.2) is 17.7 Å². The molecule has 144 valence electrons. The lowest BCUT2D eigenvalue weighted by Crippen LogP contribution is -2.15. The van der Waals surface area contributed by atoms with Crippen LogP contribution in [0.1, 0.15) is 5.69 Å². The zero-order valence-corrected chi connectivity index (χ0v) is 15.7. The molecule has 5 heteroatoms. The average Bonchev–Trinajstić information content (AvgIpc) is 3.27. The zero-order chi connectivity index (χ0) is 19.9. The summed E-state index contributed by atoms with van der Waals surface area (Å²) < 4.78 is 16.3. The molecule has 0 aliphatic carbocycles. The third-order valence-corrected chi connectivity index (χ3v) is 4.32. The smallest absolute Gasteiger partial charge is 0.344 e. The van der Waals surface area contributed by atoms with Crippen molar-refractivity contribution in [3.05, 3.63) is 96.7 Å². The topological polar surface area (TPSA) is 61.6 Å². The number of para-hydroxylation sites is 1. The van der Waals surface area contributed by atoms with Crippen LogP contribution in [0.2, 0.25) is 0 Å². The van der Waals surface area contributed by atoms with Gasteiger partial charge in [0.2, 0.25) is 0 Å². The molecule has 5 nitrogen and oxygen atoms in total. The maximum atomic E-state index is 12.1. The summed E-state index contributed by atoms with van der Waals surface area (Å²) >= 11 is 0. The van der Waals surface area contributed by atoms with E-state index in [2.05, 4.69) is 5.16 Å². The van der Waals surface area contributed by atoms with E-state index in [4.69, 9.17) is 14.0 Å². The summed E-state index contributed by atoms with van der Waals surface area (Å²) in [4.78, 5) is 12.1. The van der Waals surface area contributed by atoms with Crippen LogP contribution in [0.15, 0.2) is 95.5 Å². The number of nitrogens with zero attached hydrogens (tertiary/aromatic N) is 1. The Kier molecular flexibility index (Phi) is 5.67. The molecule has 0 unspecified atom stereocenters. The van der Waals surface area contributed by atoms with Gasteiger partial charge >= 0.3 is 5.97 Å². The fraction of sp³-hybridized carbons (Fsp3) is 0.0833. The van der Waals surface area contributed by atoms with Crippen LogP contribution in [0, 0.1) is 0 Å². The zero-order valence-electron chi connectivity index (χ0n) is 15.7. The van der Waals surface area contributed by atoms with Crippen molar-refractivity contribution >= 4 is 5.97 Å². The normalized spacial score (nSPS) is 10.5. The highest BCUT2D eigenvalue weighted by molar-refractivity contribution is 5.73. The van der Waals surface area contributed by atoms with Gasteiger partial charge in [-0.2, -0.15) is 0 Å². The predicted molar refractivity (Wildman–Crippen MR) is 109 cm³/mol. The number of carbonyl (C=O) groups is 1. The Morgan fingerprint density at radius 2 is 1.48 bits per heavy atom. The molecule has 0 bridgehead atoms. The van der Waals surface area contributed by atoms with Gasteiger partial charge in [0.15, 0.2) is 12.4 Å². The van der Waals surface area contributed by atoms with Crippen LogP contribution >= 0.6 is 0 Å². The first kappa shape index (κ1) is 18.5. The second kappa shape index (κ2) is 8.89. The molecule has 0 radical (unpaired) electrons. The number of rotatable bonds is 7. The van der Waals surface area contributed by atoms with Gasteiger partial charge < -0.3 is 14.0 Å². The average molecular weight is 385 g/mol. The van der Waals surface area contributed by atoms with Crippen LogP contribution < -0.4 is 4.74 Å². The highest BCUT2D eigenvalue weighted by Gasteiger charge is 2.11. The number of carbonyl (C=O) groups excluding carboxylic acids is 1. The summed E-state index contributed by atoms with van der Waals surface area (Å²) in [5, 5.41) is 3.94. The second-order valence-electron chi connectivity index (χ2n) is 6.36. The number of hydrogen-bond donors (Lipinski definition) is 0. The summed E-state index contributed by atoms with van der Waals surface area (Å²) in [5.41, 5.74) is 3.40. The van der Waals surface area contributed by atoms with Gasteiger partial charge in [0.25, 0.3) is 0 Å². The lowest BCUT2D eigenvalue weighted by Gasteiger charge is -2.11. The molecule has 0 amide bonds. The number of hydrogen-bond acceptors (Lipinski definition) is 5. The first-order valence-corrected chi connectivity index (χ1v) is 9.23. The largest absolute Gasteiger partial charge is 0.481 e. The summed E-state index contributed by atoms with van der Waals surface area (Å²) in [6, 6.07) is 28.8. The predicted octanol–water partition coefficient (Wildman–Crippen LogP) is 5.13. The minimum atomic E-state index is -0.475. The molecular formula is C24H19NO4. The molecule has 0 aliphatic rings. The maximum Gasteiger partial charge on any atom is 0.344 e. The van der Waals surface area contributed by atoms with E-state index in [1.54, 1.807) is 6.07 Å². The maximum absolute atomic E-state index is 12.1. The van der Waals surface area contributed by atoms with E-state index in [-0.39, 0.29) is 13.2 Å². The first-order chi connectivity index (χ1) is 14.3. The van der Waals surface area contributed by atoms with Crippen LogP contribution in [0.5, 0.6) is 5.75 Å². The molecule has 4 aromatic rings. The fourth-order valence-corrected chi connectivity index (χ4v) is 2.90. The van der Waals surface area contributed by atoms with Crippen molar-refractivity contribution in [2.24, 2.45) is 0 Å². The highest BCUT2D eigenvalue weighted by Crippen LogP contribution is 2.29. The molecule has 0 spiro atoms. The van der Waals surface area contributed by atoms with E-state index >= 15 is 0 Å². The Labute approximate surface area is 168 Å². The summed E-state index contributed by atoms with van der Waals surface area (Å²) in [6.45, 7) is -0.161. The molecule has 3 aromatic carbocycles. The van der Waals surface area contributed by atoms with E-state index in [1.165, 1.54) is 0 Å². The van der Waals surface area contributed by atoms with Gasteiger partial charge in [0.05, 0.1) is 0 Å². The summed E-state index contributed by atoms with van der Waals surface area (Å²) in [6.07, 6.45) is 0. The Hall–Kier alpha value is -3.86. The van der Waals surface area contributed by atoms with Gasteiger partial charge in [-0.15, -0.1) is 0 Å². The third-order valence-electron chi connectivity index (χ3n) is 4.32. The Morgan fingerprint density at radius 1 is 0.828 bits per heavy atom. The lowest BCUT2D eigenvalue weighted by atomic mass is 10.1. The van der Waals surface area contributed by atoms with Gasteiger partial charge in [0, 0.05) is 17.2 Å². The van der Waals surface area contributed by atoms with Crippen molar-refractivity contribution in [1.29, 1.82) is 0 Å². The van der Waals surface area contributed by atoms with Crippen LogP contribution in [0.4, 0.5) is 0 Å². The lowest BCUT2D eigenvalue weighted by molar-refractivity contribution is -0.147. The van der Waals surface area contributed by atoms with E-state index < -0.39 is 5.97 Å². The molecule has 1 aromatic heterocycles. The van der Waals surface area contributed by atoms with Gasteiger partial charge in [-0.1, -0.05) is 84.0 Å². The van der Waals surface area contributed by atoms with Crippen molar-refractivity contribution in [2.45, 2.75) is 6.61 Å². The molecule has 0 saturated carbocycles. The van der Waals surface area contributed by atoms with Crippen molar-refractivity contribution in [1.82, 2.24) is 5.16 Å². The SMILES string of the molecule is O=C(COc1ccccc1-c1ccccc1)OCc1cc(-c2ccccc2)on1. The molecule has 4 rings (SSSR count). The van der Waals surface area contributed by atoms with Gasteiger partial charge in [-0.05, 0) is 11.6 Å². The van der Waals surface area contributed by atoms with E-state index in [0.29, 0.717) is 17.2 Å². The van der Waals surface area contributed by atoms with Crippen LogP contribution in [0.25, 0.3) is 22.5 Å². The summed E-state index contributed by atoms with van der Waals surface area (Å²) in [5.74, 6) is 0.783. The highest BCUT2D eigenvalue weighted by atomic mass is 16.6. The van der Waals surface area contributed by atoms with E-state index in [0.717, 1.165) is 16.7 Å². The number of aromatic nitrogens is 1. The number of ether oxygens (including phenoxy) is 2. The Bertz CT molecular complexity index is 1070. The second-order valence-corrected chi connectivity index (χ2v) is 6.36. The molecule has 0 atom stereocenters. The minimum absolute atomic E-state index is 0.0266. The minimum Gasteiger partial charge on any atom is -0.481 e. The molecule has 0 saturated heterocycles. The molecule has 0 aliphatic heterocycles. The molecule has 0 N–H and O–H groups in total. The van der Waals surface area contributed by atoms with Gasteiger partial charge in [-0.25, -0.2) is 4.79 Å². The van der Waals surface area contributed by atoms with Crippen LogP contribution in [0.3, 0.4) is 0 Å². The van der Waals surface area contributed by atoms with Crippen molar-refractivity contribution in [3.63, 3.8) is 0 Å². The first-order valence-electron chi connectivity index (χ1n) is 9.23. The Morgan fingerprint density at radius 3 is 2.24 bits per heavy atom. The third kappa shape index (κ3) is 4.71. The van der Waals surface area contributed by atoms with Crippen molar-refractivity contribution in [3.8, 4) is 28.2 Å². The van der Waals surface area contributed by atoms with Gasteiger partial charge in [-0.3, -0.25) is 0 Å². The van der Waals surface area contributed by atoms with Crippen molar-refractivity contribution in [2.75, 3.05) is 6.61 Å².